The van der Waals surface area contributed by atoms with Crippen LogP contribution in [0.1, 0.15) is 24.5 Å². The molecule has 2 rings (SSSR count). The Labute approximate surface area is 129 Å². The molecule has 1 aliphatic heterocycles. The molecule has 4 nitrogen and oxygen atoms in total. The number of aryl methyl sites for hydroxylation is 1. The molecule has 0 bridgehead atoms. The van der Waals surface area contributed by atoms with Gasteiger partial charge in [-0.2, -0.15) is 4.31 Å². The largest absolute Gasteiger partial charge is 0.387 e. The first-order chi connectivity index (χ1) is 9.12. The summed E-state index contributed by atoms with van der Waals surface area (Å²) in [7, 11) is -3.73. The number of benzene rings is 1. The van der Waals surface area contributed by atoms with Crippen molar-refractivity contribution in [3.8, 4) is 0 Å². The van der Waals surface area contributed by atoms with Gasteiger partial charge in [0, 0.05) is 18.1 Å². The molecule has 0 saturated carbocycles. The van der Waals surface area contributed by atoms with Gasteiger partial charge in [0.15, 0.2) is 0 Å². The number of aliphatic hydroxyl groups is 1. The van der Waals surface area contributed by atoms with E-state index in [1.807, 2.05) is 6.92 Å². The van der Waals surface area contributed by atoms with Crippen LogP contribution in [0.4, 0.5) is 0 Å². The Hall–Kier alpha value is -0.330. The van der Waals surface area contributed by atoms with Gasteiger partial charge in [0.2, 0.25) is 10.0 Å². The van der Waals surface area contributed by atoms with Gasteiger partial charge in [0.25, 0.3) is 0 Å². The summed E-state index contributed by atoms with van der Waals surface area (Å²) in [5.74, 6) is 0. The average Bonchev–Trinajstić information content (AvgIpc) is 2.32. The Morgan fingerprint density at radius 1 is 1.35 bits per heavy atom. The zero-order valence-corrected chi connectivity index (χ0v) is 13.9. The van der Waals surface area contributed by atoms with E-state index in [0.29, 0.717) is 22.6 Å². The summed E-state index contributed by atoms with van der Waals surface area (Å²) < 4.78 is 26.5. The van der Waals surface area contributed by atoms with E-state index >= 15 is 0 Å². The van der Waals surface area contributed by atoms with Gasteiger partial charge in [0.1, 0.15) is 4.90 Å². The molecule has 0 unspecified atom stereocenters. The lowest BCUT2D eigenvalue weighted by Crippen LogP contribution is -2.62. The maximum Gasteiger partial charge on any atom is 0.245 e. The van der Waals surface area contributed by atoms with E-state index in [-0.39, 0.29) is 23.0 Å². The summed E-state index contributed by atoms with van der Waals surface area (Å²) in [6.07, 6.45) is 0.514. The molecule has 1 aromatic rings. The lowest BCUT2D eigenvalue weighted by Gasteiger charge is -2.45. The topological polar surface area (TPSA) is 57.6 Å². The van der Waals surface area contributed by atoms with Gasteiger partial charge in [-0.15, -0.1) is 0 Å². The summed E-state index contributed by atoms with van der Waals surface area (Å²) in [6.45, 7) is 5.35. The highest BCUT2D eigenvalue weighted by Crippen LogP contribution is 2.38. The highest BCUT2D eigenvalue weighted by molar-refractivity contribution is 7.89. The van der Waals surface area contributed by atoms with Crippen molar-refractivity contribution in [1.82, 2.24) is 4.31 Å². The van der Waals surface area contributed by atoms with Crippen molar-refractivity contribution >= 4 is 33.2 Å². The summed E-state index contributed by atoms with van der Waals surface area (Å²) in [6, 6.07) is 1.65. The fraction of sp³-hybridized carbons (Fsp3) is 0.538. The van der Waals surface area contributed by atoms with E-state index in [1.54, 1.807) is 19.9 Å². The molecular formula is C13H17Cl2NO3S. The Kier molecular flexibility index (Phi) is 4.13. The SMILES string of the molecule is CCC1(O)CN(S(=O)(=O)c2c(C)c(Cl)cc(C)c2Cl)C1. The smallest absolute Gasteiger partial charge is 0.245 e. The predicted octanol–water partition coefficient (Wildman–Crippen LogP) is 2.76. The van der Waals surface area contributed by atoms with Gasteiger partial charge in [-0.05, 0) is 37.5 Å². The van der Waals surface area contributed by atoms with Crippen LogP contribution in [-0.4, -0.2) is 36.5 Å². The third-order valence-electron chi connectivity index (χ3n) is 3.78. The van der Waals surface area contributed by atoms with Crippen LogP contribution >= 0.6 is 23.2 Å². The highest BCUT2D eigenvalue weighted by atomic mass is 35.5. The zero-order chi connectivity index (χ0) is 15.3. The Morgan fingerprint density at radius 3 is 2.40 bits per heavy atom. The number of hydrogen-bond donors (Lipinski definition) is 1. The molecule has 112 valence electrons. The minimum atomic E-state index is -3.73. The Morgan fingerprint density at radius 2 is 1.90 bits per heavy atom. The lowest BCUT2D eigenvalue weighted by molar-refractivity contribution is -0.0613. The van der Waals surface area contributed by atoms with Gasteiger partial charge in [-0.1, -0.05) is 30.1 Å². The molecule has 1 aliphatic rings. The minimum Gasteiger partial charge on any atom is -0.387 e. The van der Waals surface area contributed by atoms with Crippen LogP contribution in [0, 0.1) is 13.8 Å². The van der Waals surface area contributed by atoms with E-state index in [2.05, 4.69) is 0 Å². The fourth-order valence-electron chi connectivity index (χ4n) is 2.25. The number of sulfonamides is 1. The van der Waals surface area contributed by atoms with E-state index in [4.69, 9.17) is 23.2 Å². The normalized spacial score (nSPS) is 18.9. The molecule has 0 atom stereocenters. The van der Waals surface area contributed by atoms with E-state index in [9.17, 15) is 13.5 Å². The summed E-state index contributed by atoms with van der Waals surface area (Å²) >= 11 is 12.2. The summed E-state index contributed by atoms with van der Waals surface area (Å²) in [5, 5.41) is 10.5. The third-order valence-corrected chi connectivity index (χ3v) is 6.74. The third kappa shape index (κ3) is 2.46. The van der Waals surface area contributed by atoms with Crippen LogP contribution < -0.4 is 0 Å². The maximum absolute atomic E-state index is 12.6. The molecule has 1 saturated heterocycles. The van der Waals surface area contributed by atoms with Crippen LogP contribution in [0.15, 0.2) is 11.0 Å². The molecule has 7 heteroatoms. The van der Waals surface area contributed by atoms with Crippen molar-refractivity contribution in [1.29, 1.82) is 0 Å². The van der Waals surface area contributed by atoms with Crippen molar-refractivity contribution < 1.29 is 13.5 Å². The number of rotatable bonds is 3. The first kappa shape index (κ1) is 16.0. The van der Waals surface area contributed by atoms with E-state index in [0.717, 1.165) is 0 Å². The number of halogens is 2. The number of nitrogens with zero attached hydrogens (tertiary/aromatic N) is 1. The van der Waals surface area contributed by atoms with Crippen LogP contribution in [0.5, 0.6) is 0 Å². The highest BCUT2D eigenvalue weighted by Gasteiger charge is 2.47. The van der Waals surface area contributed by atoms with E-state index in [1.165, 1.54) is 4.31 Å². The second-order valence-corrected chi connectivity index (χ2v) is 7.95. The average molecular weight is 338 g/mol. The predicted molar refractivity (Wildman–Crippen MR) is 79.9 cm³/mol. The molecular weight excluding hydrogens is 321 g/mol. The van der Waals surface area contributed by atoms with E-state index < -0.39 is 15.6 Å². The van der Waals surface area contributed by atoms with Crippen LogP contribution in [0.25, 0.3) is 0 Å². The monoisotopic (exact) mass is 337 g/mol. The summed E-state index contributed by atoms with van der Waals surface area (Å²) in [4.78, 5) is 0.0438. The van der Waals surface area contributed by atoms with Crippen molar-refractivity contribution in [2.75, 3.05) is 13.1 Å². The molecule has 1 heterocycles. The second-order valence-electron chi connectivity index (χ2n) is 5.29. The quantitative estimate of drug-likeness (QED) is 0.922. The Bertz CT molecular complexity index is 626. The molecule has 1 fully saturated rings. The van der Waals surface area contributed by atoms with Gasteiger partial charge < -0.3 is 5.11 Å². The molecule has 1 aromatic carbocycles. The molecule has 0 aromatic heterocycles. The van der Waals surface area contributed by atoms with Crippen molar-refractivity contribution in [2.24, 2.45) is 0 Å². The number of β-amino-alcohol motifs (C(OH)–C–C–N with tert-alkyl or cyclic N) is 1. The van der Waals surface area contributed by atoms with Crippen molar-refractivity contribution in [3.05, 3.63) is 27.2 Å². The molecule has 0 aliphatic carbocycles. The van der Waals surface area contributed by atoms with Gasteiger partial charge in [0.05, 0.1) is 10.6 Å². The van der Waals surface area contributed by atoms with Crippen molar-refractivity contribution in [2.45, 2.75) is 37.7 Å². The van der Waals surface area contributed by atoms with Crippen LogP contribution in [-0.2, 0) is 10.0 Å². The van der Waals surface area contributed by atoms with Crippen molar-refractivity contribution in [3.63, 3.8) is 0 Å². The molecule has 1 N–H and O–H groups in total. The number of hydrogen-bond acceptors (Lipinski definition) is 3. The maximum atomic E-state index is 12.6. The van der Waals surface area contributed by atoms with Gasteiger partial charge in [-0.3, -0.25) is 0 Å². The molecule has 0 spiro atoms. The van der Waals surface area contributed by atoms with Crippen LogP contribution in [0.3, 0.4) is 0 Å². The van der Waals surface area contributed by atoms with Gasteiger partial charge >= 0.3 is 0 Å². The molecule has 0 amide bonds. The summed E-state index contributed by atoms with van der Waals surface area (Å²) in [5.41, 5.74) is 0.127. The molecule has 20 heavy (non-hydrogen) atoms. The first-order valence-corrected chi connectivity index (χ1v) is 8.50. The standard InChI is InChI=1S/C13H17Cl2NO3S/c1-4-13(17)6-16(7-13)20(18,19)12-9(3)10(14)5-8(2)11(12)15/h5,17H,4,6-7H2,1-3H3. The van der Waals surface area contributed by atoms with Gasteiger partial charge in [-0.25, -0.2) is 8.42 Å². The zero-order valence-electron chi connectivity index (χ0n) is 11.6. The fourth-order valence-corrected chi connectivity index (χ4v) is 5.02. The minimum absolute atomic E-state index is 0.0438. The Balaban J connectivity index is 2.47. The first-order valence-electron chi connectivity index (χ1n) is 6.30. The lowest BCUT2D eigenvalue weighted by atomic mass is 9.94. The molecule has 0 radical (unpaired) electrons. The van der Waals surface area contributed by atoms with Crippen LogP contribution in [0.2, 0.25) is 10.0 Å². The second kappa shape index (κ2) is 5.14.